The number of ether oxygens (including phenoxy) is 1. The summed E-state index contributed by atoms with van der Waals surface area (Å²) < 4.78 is 4.81. The highest BCUT2D eigenvalue weighted by Crippen LogP contribution is 2.31. The third kappa shape index (κ3) is 3.31. The molecule has 1 aromatic rings. The lowest BCUT2D eigenvalue weighted by atomic mass is 9.91. The number of allylic oxidation sites excluding steroid dienone is 1. The first-order valence-corrected chi connectivity index (χ1v) is 6.99. The van der Waals surface area contributed by atoms with Crippen molar-refractivity contribution in [1.29, 1.82) is 0 Å². The van der Waals surface area contributed by atoms with Crippen LogP contribution in [0.25, 0.3) is 0 Å². The van der Waals surface area contributed by atoms with Gasteiger partial charge in [0.25, 0.3) is 5.69 Å². The monoisotopic (exact) mass is 319 g/mol. The number of nitrogens with zero attached hydrogens (tertiary/aromatic N) is 1. The average Bonchev–Trinajstić information content (AvgIpc) is 2.53. The van der Waals surface area contributed by atoms with Crippen LogP contribution in [-0.4, -0.2) is 24.0 Å². The fourth-order valence-electron chi connectivity index (χ4n) is 2.45. The number of carbonyl (C=O) groups is 2. The average molecular weight is 319 g/mol. The lowest BCUT2D eigenvalue weighted by Crippen LogP contribution is -2.47. The minimum absolute atomic E-state index is 0.120. The topological polar surface area (TPSA) is 111 Å². The smallest absolute Gasteiger partial charge is 0.337 e. The number of non-ortho nitro benzene ring substituents is 1. The van der Waals surface area contributed by atoms with Crippen molar-refractivity contribution in [2.45, 2.75) is 19.9 Å². The summed E-state index contributed by atoms with van der Waals surface area (Å²) in [7, 11) is 1.24. The zero-order valence-electron chi connectivity index (χ0n) is 13.0. The molecule has 1 aliphatic heterocycles. The van der Waals surface area contributed by atoms with E-state index in [2.05, 4.69) is 10.6 Å². The van der Waals surface area contributed by atoms with Gasteiger partial charge in [-0.3, -0.25) is 10.1 Å². The van der Waals surface area contributed by atoms with Gasteiger partial charge in [0.1, 0.15) is 0 Å². The molecule has 0 saturated carbocycles. The van der Waals surface area contributed by atoms with E-state index in [1.54, 1.807) is 6.07 Å². The summed E-state index contributed by atoms with van der Waals surface area (Å²) in [4.78, 5) is 34.5. The van der Waals surface area contributed by atoms with E-state index in [4.69, 9.17) is 4.74 Å². The van der Waals surface area contributed by atoms with Crippen molar-refractivity contribution in [3.05, 3.63) is 51.2 Å². The third-order valence-corrected chi connectivity index (χ3v) is 3.50. The van der Waals surface area contributed by atoms with Gasteiger partial charge in [-0.1, -0.05) is 26.0 Å². The maximum Gasteiger partial charge on any atom is 0.337 e. The van der Waals surface area contributed by atoms with Gasteiger partial charge in [-0.15, -0.1) is 0 Å². The summed E-state index contributed by atoms with van der Waals surface area (Å²) in [5, 5.41) is 16.2. The lowest BCUT2D eigenvalue weighted by Gasteiger charge is -2.30. The van der Waals surface area contributed by atoms with Crippen LogP contribution in [0.5, 0.6) is 0 Å². The van der Waals surface area contributed by atoms with Crippen LogP contribution in [0.2, 0.25) is 0 Å². The van der Waals surface area contributed by atoms with Crippen molar-refractivity contribution in [2.24, 2.45) is 5.92 Å². The van der Waals surface area contributed by atoms with Crippen molar-refractivity contribution in [3.63, 3.8) is 0 Å². The summed E-state index contributed by atoms with van der Waals surface area (Å²) in [6.45, 7) is 3.66. The number of methoxy groups -OCH3 is 1. The normalized spacial score (nSPS) is 17.6. The Hall–Kier alpha value is -2.90. The van der Waals surface area contributed by atoms with E-state index in [0.29, 0.717) is 11.3 Å². The molecule has 0 radical (unpaired) electrons. The number of benzene rings is 1. The summed E-state index contributed by atoms with van der Waals surface area (Å²) >= 11 is 0. The second-order valence-electron chi connectivity index (χ2n) is 5.36. The zero-order valence-corrected chi connectivity index (χ0v) is 13.0. The number of rotatable bonds is 4. The molecular formula is C15H17N3O5. The number of hydrogen-bond acceptors (Lipinski definition) is 5. The Bertz CT molecular complexity index is 696. The second kappa shape index (κ2) is 6.47. The molecule has 0 aliphatic carbocycles. The first-order valence-electron chi connectivity index (χ1n) is 6.99. The first kappa shape index (κ1) is 16.5. The highest BCUT2D eigenvalue weighted by molar-refractivity contribution is 5.95. The number of urea groups is 1. The molecule has 23 heavy (non-hydrogen) atoms. The molecule has 0 saturated heterocycles. The van der Waals surface area contributed by atoms with Crippen LogP contribution in [-0.2, 0) is 9.53 Å². The van der Waals surface area contributed by atoms with Gasteiger partial charge in [0.05, 0.1) is 23.6 Å². The molecule has 1 aromatic carbocycles. The van der Waals surface area contributed by atoms with Crippen molar-refractivity contribution in [1.82, 2.24) is 10.6 Å². The summed E-state index contributed by atoms with van der Waals surface area (Å²) in [6, 6.07) is 4.51. The van der Waals surface area contributed by atoms with Gasteiger partial charge in [0.2, 0.25) is 0 Å². The standard InChI is InChI=1S/C15H17N3O5/c1-8(2)12-11(14(19)23-3)13(17-15(20)16-12)9-5-4-6-10(7-9)18(21)22/h4-8,13H,1-3H3,(H2,16,17,20). The van der Waals surface area contributed by atoms with E-state index in [9.17, 15) is 19.7 Å². The number of carbonyl (C=O) groups excluding carboxylic acids is 2. The molecule has 0 aromatic heterocycles. The van der Waals surface area contributed by atoms with Gasteiger partial charge in [-0.25, -0.2) is 9.59 Å². The summed E-state index contributed by atoms with van der Waals surface area (Å²) in [5.41, 5.74) is 0.998. The third-order valence-electron chi connectivity index (χ3n) is 3.50. The molecule has 0 bridgehead atoms. The Kier molecular flexibility index (Phi) is 4.63. The number of esters is 1. The quantitative estimate of drug-likeness (QED) is 0.501. The van der Waals surface area contributed by atoms with Crippen molar-refractivity contribution >= 4 is 17.7 Å². The van der Waals surface area contributed by atoms with Crippen LogP contribution in [0.15, 0.2) is 35.5 Å². The van der Waals surface area contributed by atoms with E-state index < -0.39 is 23.0 Å². The molecule has 8 nitrogen and oxygen atoms in total. The lowest BCUT2D eigenvalue weighted by molar-refractivity contribution is -0.384. The van der Waals surface area contributed by atoms with Gasteiger partial charge in [0.15, 0.2) is 0 Å². The summed E-state index contributed by atoms with van der Waals surface area (Å²) in [5.74, 6) is -0.728. The molecule has 8 heteroatoms. The molecule has 1 unspecified atom stereocenters. The predicted molar refractivity (Wildman–Crippen MR) is 81.4 cm³/mol. The molecule has 122 valence electrons. The molecule has 2 amide bonds. The van der Waals surface area contributed by atoms with Crippen molar-refractivity contribution in [2.75, 3.05) is 7.11 Å². The number of hydrogen-bond donors (Lipinski definition) is 2. The maximum atomic E-state index is 12.2. The predicted octanol–water partition coefficient (Wildman–Crippen LogP) is 2.03. The second-order valence-corrected chi connectivity index (χ2v) is 5.36. The Balaban J connectivity index is 2.59. The number of nitro benzene ring substituents is 1. The Morgan fingerprint density at radius 1 is 1.39 bits per heavy atom. The van der Waals surface area contributed by atoms with E-state index in [-0.39, 0.29) is 17.2 Å². The SMILES string of the molecule is COC(=O)C1=C(C(C)C)NC(=O)NC1c1cccc([N+](=O)[O-])c1. The van der Waals surface area contributed by atoms with Crippen LogP contribution >= 0.6 is 0 Å². The van der Waals surface area contributed by atoms with Gasteiger partial charge in [0, 0.05) is 17.8 Å². The van der Waals surface area contributed by atoms with Gasteiger partial charge in [-0.2, -0.15) is 0 Å². The molecule has 2 rings (SSSR count). The zero-order chi connectivity index (χ0) is 17.1. The number of nitrogens with one attached hydrogen (secondary N) is 2. The van der Waals surface area contributed by atoms with E-state index in [1.807, 2.05) is 13.8 Å². The first-order chi connectivity index (χ1) is 10.8. The molecule has 1 aliphatic rings. The molecule has 0 spiro atoms. The van der Waals surface area contributed by atoms with Crippen LogP contribution in [0.3, 0.4) is 0 Å². The van der Waals surface area contributed by atoms with E-state index >= 15 is 0 Å². The van der Waals surface area contributed by atoms with E-state index in [1.165, 1.54) is 25.3 Å². The highest BCUT2D eigenvalue weighted by Gasteiger charge is 2.34. The molecule has 1 atom stereocenters. The van der Waals surface area contributed by atoms with Crippen LogP contribution < -0.4 is 10.6 Å². The van der Waals surface area contributed by atoms with Gasteiger partial charge in [-0.05, 0) is 11.5 Å². The Morgan fingerprint density at radius 3 is 2.65 bits per heavy atom. The number of nitro groups is 1. The fraction of sp³-hybridized carbons (Fsp3) is 0.333. The van der Waals surface area contributed by atoms with Crippen LogP contribution in [0, 0.1) is 16.0 Å². The fourth-order valence-corrected chi connectivity index (χ4v) is 2.45. The molecule has 0 fully saturated rings. The Labute approximate surface area is 132 Å². The molecule has 1 heterocycles. The van der Waals surface area contributed by atoms with Crippen LogP contribution in [0.1, 0.15) is 25.5 Å². The number of amides is 2. The largest absolute Gasteiger partial charge is 0.466 e. The molecule has 2 N–H and O–H groups in total. The summed E-state index contributed by atoms with van der Waals surface area (Å²) in [6.07, 6.45) is 0. The minimum atomic E-state index is -0.812. The minimum Gasteiger partial charge on any atom is -0.466 e. The Morgan fingerprint density at radius 2 is 2.09 bits per heavy atom. The maximum absolute atomic E-state index is 12.2. The van der Waals surface area contributed by atoms with Gasteiger partial charge < -0.3 is 15.4 Å². The van der Waals surface area contributed by atoms with E-state index in [0.717, 1.165) is 0 Å². The highest BCUT2D eigenvalue weighted by atomic mass is 16.6. The van der Waals surface area contributed by atoms with Crippen LogP contribution in [0.4, 0.5) is 10.5 Å². The van der Waals surface area contributed by atoms with Crippen molar-refractivity contribution < 1.29 is 19.2 Å². The van der Waals surface area contributed by atoms with Gasteiger partial charge >= 0.3 is 12.0 Å². The molecular weight excluding hydrogens is 302 g/mol. The van der Waals surface area contributed by atoms with Crippen molar-refractivity contribution in [3.8, 4) is 0 Å².